The summed E-state index contributed by atoms with van der Waals surface area (Å²) in [6.07, 6.45) is 5.98. The summed E-state index contributed by atoms with van der Waals surface area (Å²) in [5.74, 6) is 0.845. The third kappa shape index (κ3) is 4.97. The maximum absolute atomic E-state index is 12.2. The lowest BCUT2D eigenvalue weighted by Gasteiger charge is -2.28. The number of ether oxygens (including phenoxy) is 1. The van der Waals surface area contributed by atoms with E-state index in [9.17, 15) is 4.79 Å². The first kappa shape index (κ1) is 15.6. The normalized spacial score (nSPS) is 26.6. The van der Waals surface area contributed by atoms with Crippen LogP contribution < -0.4 is 5.32 Å². The summed E-state index contributed by atoms with van der Waals surface area (Å²) in [6.45, 7) is 9.74. The van der Waals surface area contributed by atoms with Crippen LogP contribution in [0.15, 0.2) is 0 Å². The van der Waals surface area contributed by atoms with E-state index in [2.05, 4.69) is 12.2 Å². The van der Waals surface area contributed by atoms with E-state index in [1.165, 1.54) is 19.3 Å². The molecular weight excluding hydrogens is 252 g/mol. The SMILES string of the molecule is CC1CCC(NCCN(C(=O)OC(C)(C)C)C2CC2)C1. The molecule has 2 atom stereocenters. The average Bonchev–Trinajstić information content (AvgIpc) is 3.06. The fourth-order valence-electron chi connectivity index (χ4n) is 2.91. The van der Waals surface area contributed by atoms with Gasteiger partial charge in [-0.2, -0.15) is 0 Å². The van der Waals surface area contributed by atoms with Crippen molar-refractivity contribution in [3.05, 3.63) is 0 Å². The van der Waals surface area contributed by atoms with Crippen LogP contribution in [0.2, 0.25) is 0 Å². The van der Waals surface area contributed by atoms with Crippen LogP contribution in [0, 0.1) is 5.92 Å². The van der Waals surface area contributed by atoms with Gasteiger partial charge in [-0.3, -0.25) is 0 Å². The molecule has 4 nitrogen and oxygen atoms in total. The minimum absolute atomic E-state index is 0.151. The van der Waals surface area contributed by atoms with Gasteiger partial charge in [-0.05, 0) is 58.8 Å². The molecule has 0 radical (unpaired) electrons. The van der Waals surface area contributed by atoms with E-state index < -0.39 is 5.60 Å². The van der Waals surface area contributed by atoms with Crippen molar-refractivity contribution in [3.63, 3.8) is 0 Å². The van der Waals surface area contributed by atoms with Crippen LogP contribution in [0.3, 0.4) is 0 Å². The van der Waals surface area contributed by atoms with Gasteiger partial charge in [0.1, 0.15) is 5.60 Å². The van der Waals surface area contributed by atoms with E-state index >= 15 is 0 Å². The Morgan fingerprint density at radius 2 is 1.95 bits per heavy atom. The van der Waals surface area contributed by atoms with E-state index in [4.69, 9.17) is 4.74 Å². The van der Waals surface area contributed by atoms with E-state index in [1.807, 2.05) is 25.7 Å². The van der Waals surface area contributed by atoms with Gasteiger partial charge in [0.2, 0.25) is 0 Å². The summed E-state index contributed by atoms with van der Waals surface area (Å²) < 4.78 is 5.50. The molecule has 0 saturated heterocycles. The smallest absolute Gasteiger partial charge is 0.410 e. The van der Waals surface area contributed by atoms with Gasteiger partial charge in [0.25, 0.3) is 0 Å². The number of hydrogen-bond acceptors (Lipinski definition) is 3. The number of nitrogens with one attached hydrogen (secondary N) is 1. The van der Waals surface area contributed by atoms with Crippen molar-refractivity contribution in [2.75, 3.05) is 13.1 Å². The Balaban J connectivity index is 1.73. The molecule has 116 valence electrons. The highest BCUT2D eigenvalue weighted by Gasteiger charge is 2.35. The van der Waals surface area contributed by atoms with Crippen molar-refractivity contribution >= 4 is 6.09 Å². The van der Waals surface area contributed by atoms with Gasteiger partial charge in [-0.15, -0.1) is 0 Å². The van der Waals surface area contributed by atoms with Gasteiger partial charge in [0, 0.05) is 25.2 Å². The van der Waals surface area contributed by atoms with Gasteiger partial charge in [-0.1, -0.05) is 6.92 Å². The van der Waals surface area contributed by atoms with E-state index in [0.717, 1.165) is 31.8 Å². The number of nitrogens with zero attached hydrogens (tertiary/aromatic N) is 1. The maximum atomic E-state index is 12.2. The van der Waals surface area contributed by atoms with E-state index in [1.54, 1.807) is 0 Å². The summed E-state index contributed by atoms with van der Waals surface area (Å²) in [6, 6.07) is 1.05. The van der Waals surface area contributed by atoms with Crippen LogP contribution in [0.5, 0.6) is 0 Å². The predicted octanol–water partition coefficient (Wildman–Crippen LogP) is 3.16. The quantitative estimate of drug-likeness (QED) is 0.842. The summed E-state index contributed by atoms with van der Waals surface area (Å²) in [5, 5.41) is 3.59. The third-order valence-electron chi connectivity index (χ3n) is 4.10. The lowest BCUT2D eigenvalue weighted by molar-refractivity contribution is 0.0234. The molecule has 0 heterocycles. The zero-order valence-electron chi connectivity index (χ0n) is 13.4. The fraction of sp³-hybridized carbons (Fsp3) is 0.938. The number of carbonyl (C=O) groups is 1. The highest BCUT2D eigenvalue weighted by Crippen LogP contribution is 2.28. The van der Waals surface area contributed by atoms with Crippen LogP contribution >= 0.6 is 0 Å². The van der Waals surface area contributed by atoms with Gasteiger partial charge in [0.05, 0.1) is 0 Å². The van der Waals surface area contributed by atoms with E-state index in [0.29, 0.717) is 12.1 Å². The van der Waals surface area contributed by atoms with Crippen LogP contribution in [-0.4, -0.2) is 41.8 Å². The summed E-state index contributed by atoms with van der Waals surface area (Å²) in [5.41, 5.74) is -0.404. The first-order chi connectivity index (χ1) is 9.35. The molecule has 0 spiro atoms. The number of hydrogen-bond donors (Lipinski definition) is 1. The molecule has 2 rings (SSSR count). The minimum Gasteiger partial charge on any atom is -0.444 e. The zero-order valence-corrected chi connectivity index (χ0v) is 13.4. The monoisotopic (exact) mass is 282 g/mol. The standard InChI is InChI=1S/C16H30N2O2/c1-12-5-6-13(11-12)17-9-10-18(14-7-8-14)15(19)20-16(2,3)4/h12-14,17H,5-11H2,1-4H3. The van der Waals surface area contributed by atoms with Gasteiger partial charge in [0.15, 0.2) is 0 Å². The highest BCUT2D eigenvalue weighted by molar-refractivity contribution is 5.69. The Kier molecular flexibility index (Phi) is 4.95. The van der Waals surface area contributed by atoms with Crippen molar-refractivity contribution in [2.24, 2.45) is 5.92 Å². The Morgan fingerprint density at radius 3 is 2.45 bits per heavy atom. The molecule has 1 N–H and O–H groups in total. The molecule has 0 aromatic rings. The summed E-state index contributed by atoms with van der Waals surface area (Å²) in [4.78, 5) is 14.1. The second kappa shape index (κ2) is 6.33. The molecular formula is C16H30N2O2. The van der Waals surface area contributed by atoms with Crippen LogP contribution in [0.1, 0.15) is 59.8 Å². The number of amides is 1. The molecule has 2 fully saturated rings. The molecule has 1 amide bonds. The number of carbonyl (C=O) groups excluding carboxylic acids is 1. The molecule has 0 aliphatic heterocycles. The molecule has 2 unspecified atom stereocenters. The maximum Gasteiger partial charge on any atom is 0.410 e. The third-order valence-corrected chi connectivity index (χ3v) is 4.10. The van der Waals surface area contributed by atoms with Crippen LogP contribution in [0.25, 0.3) is 0 Å². The average molecular weight is 282 g/mol. The topological polar surface area (TPSA) is 41.6 Å². The van der Waals surface area contributed by atoms with Crippen molar-refractivity contribution < 1.29 is 9.53 Å². The number of rotatable bonds is 5. The van der Waals surface area contributed by atoms with E-state index in [-0.39, 0.29) is 6.09 Å². The largest absolute Gasteiger partial charge is 0.444 e. The predicted molar refractivity (Wildman–Crippen MR) is 80.8 cm³/mol. The van der Waals surface area contributed by atoms with Gasteiger partial charge < -0.3 is 15.0 Å². The zero-order chi connectivity index (χ0) is 14.8. The lowest BCUT2D eigenvalue weighted by Crippen LogP contribution is -2.43. The highest BCUT2D eigenvalue weighted by atomic mass is 16.6. The van der Waals surface area contributed by atoms with Crippen molar-refractivity contribution in [1.82, 2.24) is 10.2 Å². The molecule has 2 saturated carbocycles. The van der Waals surface area contributed by atoms with Crippen LogP contribution in [0.4, 0.5) is 4.79 Å². The molecule has 20 heavy (non-hydrogen) atoms. The molecule has 0 bridgehead atoms. The van der Waals surface area contributed by atoms with Crippen molar-refractivity contribution in [2.45, 2.75) is 77.5 Å². The van der Waals surface area contributed by atoms with Crippen LogP contribution in [-0.2, 0) is 4.74 Å². The van der Waals surface area contributed by atoms with Crippen molar-refractivity contribution in [1.29, 1.82) is 0 Å². The Hall–Kier alpha value is -0.770. The first-order valence-electron chi connectivity index (χ1n) is 8.08. The Morgan fingerprint density at radius 1 is 1.25 bits per heavy atom. The fourth-order valence-corrected chi connectivity index (χ4v) is 2.91. The van der Waals surface area contributed by atoms with Crippen molar-refractivity contribution in [3.8, 4) is 0 Å². The first-order valence-corrected chi connectivity index (χ1v) is 8.08. The van der Waals surface area contributed by atoms with Gasteiger partial charge >= 0.3 is 6.09 Å². The lowest BCUT2D eigenvalue weighted by atomic mass is 10.1. The molecule has 2 aliphatic carbocycles. The Bertz CT molecular complexity index is 334. The summed E-state index contributed by atoms with van der Waals surface area (Å²) >= 11 is 0. The second-order valence-electron chi connectivity index (χ2n) is 7.47. The summed E-state index contributed by atoms with van der Waals surface area (Å²) in [7, 11) is 0. The molecule has 2 aliphatic rings. The Labute approximate surface area is 123 Å². The second-order valence-corrected chi connectivity index (χ2v) is 7.47. The molecule has 0 aromatic heterocycles. The minimum atomic E-state index is -0.404. The molecule has 4 heteroatoms. The molecule has 0 aromatic carbocycles. The van der Waals surface area contributed by atoms with Gasteiger partial charge in [-0.25, -0.2) is 4.79 Å².